The fraction of sp³-hybridized carbons (Fsp3) is 0.353. The minimum absolute atomic E-state index is 0.198. The van der Waals surface area contributed by atoms with Crippen LogP contribution in [0.15, 0.2) is 36.5 Å². The topological polar surface area (TPSA) is 84.1 Å². The summed E-state index contributed by atoms with van der Waals surface area (Å²) in [6.45, 7) is 3.43. The maximum atomic E-state index is 12.2. The van der Waals surface area contributed by atoms with Gasteiger partial charge in [0.05, 0.1) is 5.56 Å². The van der Waals surface area contributed by atoms with Gasteiger partial charge < -0.3 is 16.0 Å². The summed E-state index contributed by atoms with van der Waals surface area (Å²) in [6, 6.07) is 9.70. The molecule has 23 heavy (non-hydrogen) atoms. The van der Waals surface area contributed by atoms with E-state index in [2.05, 4.69) is 22.2 Å². The van der Waals surface area contributed by atoms with E-state index < -0.39 is 0 Å². The van der Waals surface area contributed by atoms with Gasteiger partial charge >= 0.3 is 0 Å². The number of hydrogen-bond acceptors (Lipinski definition) is 5. The van der Waals surface area contributed by atoms with E-state index in [4.69, 9.17) is 5.73 Å². The Morgan fingerprint density at radius 1 is 1.30 bits per heavy atom. The Bertz CT molecular complexity index is 645. The Balaban J connectivity index is 2.00. The van der Waals surface area contributed by atoms with Gasteiger partial charge in [-0.15, -0.1) is 0 Å². The number of carbonyl (C=O) groups excluding carboxylic acids is 1. The minimum Gasteiger partial charge on any atom is -0.383 e. The summed E-state index contributed by atoms with van der Waals surface area (Å²) >= 11 is 0. The number of nitrogen functional groups attached to an aromatic ring is 1. The lowest BCUT2D eigenvalue weighted by Crippen LogP contribution is -2.26. The molecule has 1 aromatic heterocycles. The second kappa shape index (κ2) is 8.12. The smallest absolute Gasteiger partial charge is 0.256 e. The fourth-order valence-corrected chi connectivity index (χ4v) is 2.11. The molecule has 0 bridgehead atoms. The average molecular weight is 313 g/mol. The number of benzene rings is 1. The van der Waals surface area contributed by atoms with Crippen LogP contribution in [0.4, 0.5) is 11.8 Å². The highest BCUT2D eigenvalue weighted by Crippen LogP contribution is 2.13. The molecule has 1 heterocycles. The third-order valence-electron chi connectivity index (χ3n) is 3.53. The van der Waals surface area contributed by atoms with Crippen molar-refractivity contribution in [1.29, 1.82) is 0 Å². The van der Waals surface area contributed by atoms with Crippen LogP contribution in [0.3, 0.4) is 0 Å². The van der Waals surface area contributed by atoms with E-state index in [0.29, 0.717) is 18.1 Å². The summed E-state index contributed by atoms with van der Waals surface area (Å²) in [5.41, 5.74) is 7.24. The summed E-state index contributed by atoms with van der Waals surface area (Å²) in [6.07, 6.45) is 3.64. The van der Waals surface area contributed by atoms with Gasteiger partial charge in [-0.25, -0.2) is 4.98 Å². The Labute approximate surface area is 136 Å². The van der Waals surface area contributed by atoms with Crippen LogP contribution in [-0.2, 0) is 6.54 Å². The van der Waals surface area contributed by atoms with Gasteiger partial charge in [0, 0.05) is 26.3 Å². The molecule has 0 saturated carbocycles. The zero-order valence-electron chi connectivity index (χ0n) is 13.6. The maximum Gasteiger partial charge on any atom is 0.256 e. The fourth-order valence-electron chi connectivity index (χ4n) is 2.11. The zero-order chi connectivity index (χ0) is 16.7. The van der Waals surface area contributed by atoms with Crippen molar-refractivity contribution in [2.24, 2.45) is 0 Å². The predicted octanol–water partition coefficient (Wildman–Crippen LogP) is 2.23. The van der Waals surface area contributed by atoms with Crippen molar-refractivity contribution in [1.82, 2.24) is 15.3 Å². The molecule has 0 aliphatic rings. The molecule has 2 rings (SSSR count). The maximum absolute atomic E-state index is 12.2. The van der Waals surface area contributed by atoms with Crippen LogP contribution in [0.2, 0.25) is 0 Å². The lowest BCUT2D eigenvalue weighted by molar-refractivity contribution is 0.0951. The summed E-state index contributed by atoms with van der Waals surface area (Å²) < 4.78 is 0. The van der Waals surface area contributed by atoms with Gasteiger partial charge in [0.1, 0.15) is 5.82 Å². The van der Waals surface area contributed by atoms with E-state index in [1.807, 2.05) is 42.3 Å². The second-order valence-electron chi connectivity index (χ2n) is 5.41. The zero-order valence-corrected chi connectivity index (χ0v) is 13.6. The number of rotatable bonds is 7. The van der Waals surface area contributed by atoms with E-state index in [1.54, 1.807) is 0 Å². The standard InChI is InChI=1S/C17H23N5O/c1-3-4-10-22(2)17-20-12-14(15(18)21-17)16(23)19-11-13-8-6-5-7-9-13/h5-9,12H,3-4,10-11H2,1-2H3,(H,19,23)(H2,18,20,21). The molecule has 6 heteroatoms. The van der Waals surface area contributed by atoms with E-state index in [1.165, 1.54) is 6.20 Å². The van der Waals surface area contributed by atoms with Crippen molar-refractivity contribution in [3.63, 3.8) is 0 Å². The molecule has 0 spiro atoms. The molecule has 1 amide bonds. The van der Waals surface area contributed by atoms with Crippen molar-refractivity contribution in [2.45, 2.75) is 26.3 Å². The Hall–Kier alpha value is -2.63. The lowest BCUT2D eigenvalue weighted by Gasteiger charge is -2.17. The molecule has 6 nitrogen and oxygen atoms in total. The van der Waals surface area contributed by atoms with Crippen LogP contribution in [0.5, 0.6) is 0 Å². The van der Waals surface area contributed by atoms with Crippen molar-refractivity contribution in [3.05, 3.63) is 47.7 Å². The molecular formula is C17H23N5O. The van der Waals surface area contributed by atoms with Crippen molar-refractivity contribution in [3.8, 4) is 0 Å². The number of amides is 1. The van der Waals surface area contributed by atoms with Crippen LogP contribution < -0.4 is 16.0 Å². The number of carbonyl (C=O) groups is 1. The third-order valence-corrected chi connectivity index (χ3v) is 3.53. The Morgan fingerprint density at radius 3 is 2.70 bits per heavy atom. The molecule has 0 unspecified atom stereocenters. The molecule has 0 aliphatic heterocycles. The second-order valence-corrected chi connectivity index (χ2v) is 5.41. The lowest BCUT2D eigenvalue weighted by atomic mass is 10.2. The van der Waals surface area contributed by atoms with Crippen LogP contribution in [0, 0.1) is 0 Å². The molecule has 0 saturated heterocycles. The predicted molar refractivity (Wildman–Crippen MR) is 92.2 cm³/mol. The van der Waals surface area contributed by atoms with Crippen LogP contribution in [0.1, 0.15) is 35.7 Å². The number of aromatic nitrogens is 2. The Morgan fingerprint density at radius 2 is 2.04 bits per heavy atom. The monoisotopic (exact) mass is 313 g/mol. The molecule has 122 valence electrons. The molecule has 1 aromatic carbocycles. The third kappa shape index (κ3) is 4.67. The first-order valence-corrected chi connectivity index (χ1v) is 7.77. The highest BCUT2D eigenvalue weighted by Gasteiger charge is 2.14. The van der Waals surface area contributed by atoms with Crippen LogP contribution in [0.25, 0.3) is 0 Å². The molecule has 2 aromatic rings. The molecule has 0 fully saturated rings. The van der Waals surface area contributed by atoms with Gasteiger partial charge in [-0.05, 0) is 12.0 Å². The van der Waals surface area contributed by atoms with Gasteiger partial charge in [-0.2, -0.15) is 4.98 Å². The number of nitrogens with zero attached hydrogens (tertiary/aromatic N) is 3. The van der Waals surface area contributed by atoms with E-state index >= 15 is 0 Å². The number of hydrogen-bond donors (Lipinski definition) is 2. The average Bonchev–Trinajstić information content (AvgIpc) is 2.58. The number of nitrogens with one attached hydrogen (secondary N) is 1. The van der Waals surface area contributed by atoms with Crippen molar-refractivity contribution >= 4 is 17.7 Å². The van der Waals surface area contributed by atoms with Crippen molar-refractivity contribution in [2.75, 3.05) is 24.2 Å². The number of anilines is 2. The van der Waals surface area contributed by atoms with Gasteiger partial charge in [-0.1, -0.05) is 43.7 Å². The molecule has 0 aliphatic carbocycles. The van der Waals surface area contributed by atoms with Crippen LogP contribution >= 0.6 is 0 Å². The van der Waals surface area contributed by atoms with Crippen molar-refractivity contribution < 1.29 is 4.79 Å². The van der Waals surface area contributed by atoms with E-state index in [9.17, 15) is 4.79 Å². The normalized spacial score (nSPS) is 10.3. The Kier molecular flexibility index (Phi) is 5.91. The molecule has 0 radical (unpaired) electrons. The minimum atomic E-state index is -0.269. The first-order valence-electron chi connectivity index (χ1n) is 7.77. The van der Waals surface area contributed by atoms with E-state index in [0.717, 1.165) is 24.9 Å². The summed E-state index contributed by atoms with van der Waals surface area (Å²) in [7, 11) is 1.92. The van der Waals surface area contributed by atoms with Crippen LogP contribution in [-0.4, -0.2) is 29.5 Å². The molecule has 0 atom stereocenters. The van der Waals surface area contributed by atoms with Gasteiger partial charge in [0.2, 0.25) is 5.95 Å². The summed E-state index contributed by atoms with van der Waals surface area (Å²) in [5.74, 6) is 0.466. The van der Waals surface area contributed by atoms with Gasteiger partial charge in [0.25, 0.3) is 5.91 Å². The largest absolute Gasteiger partial charge is 0.383 e. The highest BCUT2D eigenvalue weighted by atomic mass is 16.1. The number of unbranched alkanes of at least 4 members (excludes halogenated alkanes) is 1. The highest BCUT2D eigenvalue weighted by molar-refractivity contribution is 5.98. The first kappa shape index (κ1) is 16.7. The SMILES string of the molecule is CCCCN(C)c1ncc(C(=O)NCc2ccccc2)c(N)n1. The van der Waals surface area contributed by atoms with Gasteiger partial charge in [0.15, 0.2) is 0 Å². The van der Waals surface area contributed by atoms with E-state index in [-0.39, 0.29) is 11.7 Å². The first-order chi connectivity index (χ1) is 11.1. The molecule has 3 N–H and O–H groups in total. The molecular weight excluding hydrogens is 290 g/mol. The van der Waals surface area contributed by atoms with Gasteiger partial charge in [-0.3, -0.25) is 4.79 Å². The number of nitrogens with two attached hydrogens (primary N) is 1. The summed E-state index contributed by atoms with van der Waals surface area (Å²) in [4.78, 5) is 22.6. The quantitative estimate of drug-likeness (QED) is 0.819. The summed E-state index contributed by atoms with van der Waals surface area (Å²) in [5, 5.41) is 2.83.